The van der Waals surface area contributed by atoms with E-state index < -0.39 is 47.8 Å². The van der Waals surface area contributed by atoms with Crippen molar-refractivity contribution in [2.75, 3.05) is 0 Å². The van der Waals surface area contributed by atoms with Crippen molar-refractivity contribution in [3.63, 3.8) is 0 Å². The summed E-state index contributed by atoms with van der Waals surface area (Å²) in [4.78, 5) is 11.7. The standard InChI is InChI=1S/C12H20O7/c1-5(13)9-7(15)6(14)8(16)10(18-9)19-11(17)12(2,3)4/h6-10,13-16H,1H2,2-4H3/t6-,7-,8+,9+,10?/m0/s1. The molecule has 1 saturated heterocycles. The van der Waals surface area contributed by atoms with Gasteiger partial charge in [0.15, 0.2) is 0 Å². The van der Waals surface area contributed by atoms with Gasteiger partial charge in [0, 0.05) is 0 Å². The normalized spacial score (nSPS) is 35.8. The number of hydrogen-bond acceptors (Lipinski definition) is 7. The monoisotopic (exact) mass is 276 g/mol. The molecule has 0 aromatic heterocycles. The minimum absolute atomic E-state index is 0.532. The van der Waals surface area contributed by atoms with E-state index in [1.165, 1.54) is 0 Å². The van der Waals surface area contributed by atoms with Gasteiger partial charge in [-0.25, -0.2) is 0 Å². The van der Waals surface area contributed by atoms with Crippen molar-refractivity contribution < 1.29 is 34.7 Å². The zero-order valence-corrected chi connectivity index (χ0v) is 11.1. The van der Waals surface area contributed by atoms with Crippen molar-refractivity contribution in [1.29, 1.82) is 0 Å². The Hall–Kier alpha value is -1.15. The molecule has 0 spiro atoms. The van der Waals surface area contributed by atoms with E-state index in [0.29, 0.717) is 0 Å². The molecule has 5 atom stereocenters. The van der Waals surface area contributed by atoms with Crippen LogP contribution in [0.25, 0.3) is 0 Å². The van der Waals surface area contributed by atoms with E-state index in [-0.39, 0.29) is 0 Å². The van der Waals surface area contributed by atoms with Crippen molar-refractivity contribution in [2.45, 2.75) is 51.5 Å². The lowest BCUT2D eigenvalue weighted by Crippen LogP contribution is -2.59. The van der Waals surface area contributed by atoms with Crippen LogP contribution in [0.15, 0.2) is 12.3 Å². The zero-order valence-electron chi connectivity index (χ0n) is 11.1. The molecule has 19 heavy (non-hydrogen) atoms. The summed E-state index contributed by atoms with van der Waals surface area (Å²) in [6, 6.07) is 0. The molecule has 1 fully saturated rings. The summed E-state index contributed by atoms with van der Waals surface area (Å²) in [6.45, 7) is 8.02. The van der Waals surface area contributed by atoms with Gasteiger partial charge in [-0.05, 0) is 20.8 Å². The lowest BCUT2D eigenvalue weighted by molar-refractivity contribution is -0.287. The summed E-state index contributed by atoms with van der Waals surface area (Å²) >= 11 is 0. The maximum absolute atomic E-state index is 11.7. The summed E-state index contributed by atoms with van der Waals surface area (Å²) in [5, 5.41) is 38.2. The van der Waals surface area contributed by atoms with Gasteiger partial charge in [0.2, 0.25) is 6.29 Å². The topological polar surface area (TPSA) is 116 Å². The molecular formula is C12H20O7. The fourth-order valence-electron chi connectivity index (χ4n) is 1.50. The minimum Gasteiger partial charge on any atom is -0.510 e. The van der Waals surface area contributed by atoms with E-state index in [0.717, 1.165) is 0 Å². The smallest absolute Gasteiger partial charge is 0.313 e. The fraction of sp³-hybridized carbons (Fsp3) is 0.750. The third kappa shape index (κ3) is 3.44. The zero-order chi connectivity index (χ0) is 15.0. The van der Waals surface area contributed by atoms with Crippen molar-refractivity contribution in [2.24, 2.45) is 5.41 Å². The van der Waals surface area contributed by atoms with Crippen LogP contribution in [0.2, 0.25) is 0 Å². The Morgan fingerprint density at radius 3 is 2.11 bits per heavy atom. The van der Waals surface area contributed by atoms with Crippen molar-refractivity contribution >= 4 is 5.97 Å². The summed E-state index contributed by atoms with van der Waals surface area (Å²) < 4.78 is 9.99. The molecule has 1 aliphatic rings. The van der Waals surface area contributed by atoms with Crippen LogP contribution < -0.4 is 0 Å². The molecule has 7 nitrogen and oxygen atoms in total. The maximum Gasteiger partial charge on any atom is 0.313 e. The van der Waals surface area contributed by atoms with Crippen LogP contribution in [0.5, 0.6) is 0 Å². The highest BCUT2D eigenvalue weighted by atomic mass is 16.7. The second-order valence-corrected chi connectivity index (χ2v) is 5.54. The lowest BCUT2D eigenvalue weighted by atomic mass is 9.96. The molecule has 0 saturated carbocycles. The number of esters is 1. The van der Waals surface area contributed by atoms with Gasteiger partial charge in [0.1, 0.15) is 30.2 Å². The number of rotatable bonds is 2. The molecule has 1 heterocycles. The average Bonchev–Trinajstić information content (AvgIpc) is 2.28. The summed E-state index contributed by atoms with van der Waals surface area (Å²) in [5.41, 5.74) is -0.824. The van der Waals surface area contributed by atoms with E-state index >= 15 is 0 Å². The molecule has 1 aliphatic heterocycles. The Labute approximate surface area is 111 Å². The van der Waals surface area contributed by atoms with Crippen LogP contribution in [-0.4, -0.2) is 57.1 Å². The molecule has 0 aromatic rings. The first-order valence-corrected chi connectivity index (χ1v) is 5.84. The first-order chi connectivity index (χ1) is 8.55. The van der Waals surface area contributed by atoms with E-state index in [4.69, 9.17) is 9.47 Å². The predicted octanol–water partition coefficient (Wildman–Crippen LogP) is -0.545. The molecule has 1 unspecified atom stereocenters. The van der Waals surface area contributed by atoms with Gasteiger partial charge in [-0.1, -0.05) is 6.58 Å². The first kappa shape index (κ1) is 15.9. The number of aliphatic hydroxyl groups excluding tert-OH is 4. The highest BCUT2D eigenvalue weighted by Gasteiger charge is 2.47. The predicted molar refractivity (Wildman–Crippen MR) is 64.0 cm³/mol. The Morgan fingerprint density at radius 1 is 1.16 bits per heavy atom. The summed E-state index contributed by atoms with van der Waals surface area (Å²) in [6.07, 6.45) is -7.62. The lowest BCUT2D eigenvalue weighted by Gasteiger charge is -2.39. The van der Waals surface area contributed by atoms with Crippen molar-refractivity contribution in [3.8, 4) is 0 Å². The third-order valence-corrected chi connectivity index (χ3v) is 2.73. The van der Waals surface area contributed by atoms with Crippen LogP contribution in [0.4, 0.5) is 0 Å². The SMILES string of the molecule is C=C(O)[C@H]1OC(OC(=O)C(C)(C)C)[C@H](O)[C@@H](O)[C@@H]1O. The Kier molecular flexibility index (Phi) is 4.57. The van der Waals surface area contributed by atoms with Gasteiger partial charge in [0.05, 0.1) is 5.41 Å². The maximum atomic E-state index is 11.7. The molecule has 0 amide bonds. The molecular weight excluding hydrogens is 256 g/mol. The molecule has 0 aliphatic carbocycles. The molecule has 1 rings (SSSR count). The molecule has 0 aromatic carbocycles. The molecule has 0 bridgehead atoms. The Balaban J connectivity index is 2.83. The quantitative estimate of drug-likeness (QED) is 0.395. The third-order valence-electron chi connectivity index (χ3n) is 2.73. The second-order valence-electron chi connectivity index (χ2n) is 5.54. The van der Waals surface area contributed by atoms with Crippen LogP contribution >= 0.6 is 0 Å². The average molecular weight is 276 g/mol. The molecule has 4 N–H and O–H groups in total. The Morgan fingerprint density at radius 2 is 1.68 bits per heavy atom. The van der Waals surface area contributed by atoms with Crippen molar-refractivity contribution in [1.82, 2.24) is 0 Å². The van der Waals surface area contributed by atoms with Gasteiger partial charge in [-0.3, -0.25) is 4.79 Å². The van der Waals surface area contributed by atoms with Gasteiger partial charge in [-0.15, -0.1) is 0 Å². The Bertz CT molecular complexity index is 360. The van der Waals surface area contributed by atoms with Crippen LogP contribution in [0.3, 0.4) is 0 Å². The number of carbonyl (C=O) groups is 1. The van der Waals surface area contributed by atoms with E-state index in [1.54, 1.807) is 20.8 Å². The van der Waals surface area contributed by atoms with Crippen LogP contribution in [0.1, 0.15) is 20.8 Å². The highest BCUT2D eigenvalue weighted by Crippen LogP contribution is 2.27. The van der Waals surface area contributed by atoms with Crippen LogP contribution in [-0.2, 0) is 14.3 Å². The largest absolute Gasteiger partial charge is 0.510 e. The number of aliphatic hydroxyl groups is 4. The van der Waals surface area contributed by atoms with E-state index in [2.05, 4.69) is 6.58 Å². The summed E-state index contributed by atoms with van der Waals surface area (Å²) in [7, 11) is 0. The van der Waals surface area contributed by atoms with E-state index in [9.17, 15) is 25.2 Å². The molecule has 110 valence electrons. The van der Waals surface area contributed by atoms with Gasteiger partial charge >= 0.3 is 5.97 Å². The minimum atomic E-state index is -1.62. The highest BCUT2D eigenvalue weighted by molar-refractivity contribution is 5.75. The second kappa shape index (κ2) is 5.46. The number of carbonyl (C=O) groups excluding carboxylic acids is 1. The molecule has 0 radical (unpaired) electrons. The number of hydrogen-bond donors (Lipinski definition) is 4. The fourth-order valence-corrected chi connectivity index (χ4v) is 1.50. The summed E-state index contributed by atoms with van der Waals surface area (Å²) in [5.74, 6) is -1.18. The van der Waals surface area contributed by atoms with Gasteiger partial charge in [-0.2, -0.15) is 0 Å². The first-order valence-electron chi connectivity index (χ1n) is 5.84. The van der Waals surface area contributed by atoms with E-state index in [1.807, 2.05) is 0 Å². The number of ether oxygens (including phenoxy) is 2. The molecule has 7 heteroatoms. The van der Waals surface area contributed by atoms with Crippen molar-refractivity contribution in [3.05, 3.63) is 12.3 Å². The van der Waals surface area contributed by atoms with Crippen LogP contribution in [0, 0.1) is 5.41 Å². The van der Waals surface area contributed by atoms with Gasteiger partial charge in [0.25, 0.3) is 0 Å². The van der Waals surface area contributed by atoms with Gasteiger partial charge < -0.3 is 29.9 Å².